The smallest absolute Gasteiger partial charge is 0.320 e. The average molecular weight is 295 g/mol. The van der Waals surface area contributed by atoms with Crippen molar-refractivity contribution in [2.75, 3.05) is 6.54 Å². The molecule has 0 bridgehead atoms. The summed E-state index contributed by atoms with van der Waals surface area (Å²) in [6.07, 6.45) is 5.12. The van der Waals surface area contributed by atoms with Gasteiger partial charge in [-0.05, 0) is 51.0 Å². The maximum atomic E-state index is 11.9. The van der Waals surface area contributed by atoms with Crippen molar-refractivity contribution in [3.8, 4) is 0 Å². The largest absolute Gasteiger partial charge is 0.459 e. The van der Waals surface area contributed by atoms with Crippen LogP contribution in [-0.2, 0) is 9.53 Å². The molecule has 1 atom stereocenters. The van der Waals surface area contributed by atoms with E-state index in [0.717, 1.165) is 0 Å². The van der Waals surface area contributed by atoms with E-state index in [2.05, 4.69) is 22.8 Å². The summed E-state index contributed by atoms with van der Waals surface area (Å²) in [7, 11) is 0. The number of hydrogen-bond acceptors (Lipinski definition) is 4. The molecule has 1 saturated carbocycles. The van der Waals surface area contributed by atoms with Crippen LogP contribution in [0.25, 0.3) is 0 Å². The van der Waals surface area contributed by atoms with E-state index in [4.69, 9.17) is 4.74 Å². The van der Waals surface area contributed by atoms with Crippen molar-refractivity contribution in [1.82, 2.24) is 5.32 Å². The molecule has 3 nitrogen and oxygen atoms in total. The highest BCUT2D eigenvalue weighted by atomic mass is 32.1. The number of nitrogens with one attached hydrogen (secondary N) is 1. The van der Waals surface area contributed by atoms with Crippen LogP contribution in [0.2, 0.25) is 0 Å². The van der Waals surface area contributed by atoms with Crippen LogP contribution >= 0.6 is 11.3 Å². The normalized spacial score (nSPS) is 18.1. The molecule has 112 valence electrons. The summed E-state index contributed by atoms with van der Waals surface area (Å²) < 4.78 is 5.37. The van der Waals surface area contributed by atoms with Gasteiger partial charge in [0.2, 0.25) is 0 Å². The fourth-order valence-corrected chi connectivity index (χ4v) is 3.72. The molecule has 1 aromatic rings. The molecule has 4 heteroatoms. The molecule has 1 heterocycles. The van der Waals surface area contributed by atoms with Crippen molar-refractivity contribution in [3.05, 3.63) is 22.4 Å². The third kappa shape index (κ3) is 4.60. The first-order valence-electron chi connectivity index (χ1n) is 7.44. The lowest BCUT2D eigenvalue weighted by atomic mass is 9.97. The van der Waals surface area contributed by atoms with E-state index >= 15 is 0 Å². The van der Waals surface area contributed by atoms with E-state index in [1.165, 1.54) is 30.6 Å². The molecule has 0 spiro atoms. The zero-order valence-electron chi connectivity index (χ0n) is 12.6. The third-order valence-electron chi connectivity index (χ3n) is 3.61. The quantitative estimate of drug-likeness (QED) is 0.837. The highest BCUT2D eigenvalue weighted by Crippen LogP contribution is 2.37. The second-order valence-electron chi connectivity index (χ2n) is 6.50. The zero-order chi connectivity index (χ0) is 14.6. The molecule has 1 unspecified atom stereocenters. The number of carbonyl (C=O) groups is 1. The van der Waals surface area contributed by atoms with Gasteiger partial charge in [-0.25, -0.2) is 0 Å². The van der Waals surface area contributed by atoms with Crippen molar-refractivity contribution in [3.63, 3.8) is 0 Å². The molecule has 1 aromatic heterocycles. The molecule has 0 aromatic carbocycles. The van der Waals surface area contributed by atoms with Gasteiger partial charge >= 0.3 is 5.97 Å². The Morgan fingerprint density at radius 3 is 2.70 bits per heavy atom. The molecule has 0 saturated heterocycles. The number of esters is 1. The summed E-state index contributed by atoms with van der Waals surface area (Å²) >= 11 is 1.77. The minimum absolute atomic E-state index is 0.169. The van der Waals surface area contributed by atoms with Crippen LogP contribution < -0.4 is 5.32 Å². The van der Waals surface area contributed by atoms with E-state index in [9.17, 15) is 4.79 Å². The summed E-state index contributed by atoms with van der Waals surface area (Å²) in [6.45, 7) is 5.99. The molecule has 0 radical (unpaired) electrons. The van der Waals surface area contributed by atoms with Gasteiger partial charge in [-0.3, -0.25) is 10.1 Å². The van der Waals surface area contributed by atoms with Crippen LogP contribution in [0.3, 0.4) is 0 Å². The molecule has 20 heavy (non-hydrogen) atoms. The van der Waals surface area contributed by atoms with Crippen LogP contribution in [0.5, 0.6) is 0 Å². The molecular formula is C16H25NO2S. The van der Waals surface area contributed by atoms with Crippen LogP contribution in [0.4, 0.5) is 0 Å². The predicted molar refractivity (Wildman–Crippen MR) is 82.9 cm³/mol. The summed E-state index contributed by atoms with van der Waals surface area (Å²) in [5.41, 5.74) is -0.412. The Bertz CT molecular complexity index is 416. The number of carbonyl (C=O) groups excluding carboxylic acids is 1. The second kappa shape index (κ2) is 6.72. The van der Waals surface area contributed by atoms with Gasteiger partial charge in [0.25, 0.3) is 0 Å². The predicted octanol–water partition coefficient (Wildman–Crippen LogP) is 3.91. The monoisotopic (exact) mass is 295 g/mol. The second-order valence-corrected chi connectivity index (χ2v) is 7.48. The molecule has 0 aliphatic heterocycles. The third-order valence-corrected chi connectivity index (χ3v) is 4.56. The van der Waals surface area contributed by atoms with Gasteiger partial charge in [0.05, 0.1) is 6.54 Å². The molecule has 0 amide bonds. The van der Waals surface area contributed by atoms with Crippen molar-refractivity contribution >= 4 is 17.3 Å². The van der Waals surface area contributed by atoms with Crippen LogP contribution in [0.15, 0.2) is 17.5 Å². The van der Waals surface area contributed by atoms with Crippen molar-refractivity contribution in [2.45, 2.75) is 58.1 Å². The molecule has 1 fully saturated rings. The van der Waals surface area contributed by atoms with Crippen LogP contribution in [0.1, 0.15) is 57.4 Å². The summed E-state index contributed by atoms with van der Waals surface area (Å²) in [5.74, 6) is 0.480. The summed E-state index contributed by atoms with van der Waals surface area (Å²) in [6, 6.07) is 4.54. The first-order chi connectivity index (χ1) is 9.46. The van der Waals surface area contributed by atoms with E-state index < -0.39 is 5.60 Å². The minimum Gasteiger partial charge on any atom is -0.459 e. The Labute approximate surface area is 125 Å². The average Bonchev–Trinajstić information content (AvgIpc) is 2.98. The number of ether oxygens (including phenoxy) is 1. The molecule has 1 aliphatic carbocycles. The number of hydrogen-bond donors (Lipinski definition) is 1. The Morgan fingerprint density at radius 2 is 2.15 bits per heavy atom. The fourth-order valence-electron chi connectivity index (χ4n) is 2.83. The summed E-state index contributed by atoms with van der Waals surface area (Å²) in [5, 5.41) is 5.53. The first kappa shape index (κ1) is 15.5. The van der Waals surface area contributed by atoms with Crippen molar-refractivity contribution < 1.29 is 9.53 Å². The SMILES string of the molecule is CC(C)(C)OC(=O)CNC(c1cccs1)C1CCCC1. The zero-order valence-corrected chi connectivity index (χ0v) is 13.5. The van der Waals surface area contributed by atoms with Crippen molar-refractivity contribution in [2.24, 2.45) is 5.92 Å². The minimum atomic E-state index is -0.412. The van der Waals surface area contributed by atoms with Gasteiger partial charge < -0.3 is 4.74 Å². The fraction of sp³-hybridized carbons (Fsp3) is 0.688. The van der Waals surface area contributed by atoms with Gasteiger partial charge in [-0.15, -0.1) is 11.3 Å². The Hall–Kier alpha value is -0.870. The lowest BCUT2D eigenvalue weighted by Gasteiger charge is -2.25. The van der Waals surface area contributed by atoms with Crippen LogP contribution in [-0.4, -0.2) is 18.1 Å². The molecule has 1 N–H and O–H groups in total. The molecule has 1 aliphatic rings. The Morgan fingerprint density at radius 1 is 1.45 bits per heavy atom. The van der Waals surface area contributed by atoms with E-state index in [-0.39, 0.29) is 12.5 Å². The van der Waals surface area contributed by atoms with Gasteiger partial charge in [0.1, 0.15) is 5.60 Å². The van der Waals surface area contributed by atoms with E-state index in [1.807, 2.05) is 20.8 Å². The standard InChI is InChI=1S/C16H25NO2S/c1-16(2,3)19-14(18)11-17-15(12-7-4-5-8-12)13-9-6-10-20-13/h6,9-10,12,15,17H,4-5,7-8,11H2,1-3H3. The van der Waals surface area contributed by atoms with Crippen molar-refractivity contribution in [1.29, 1.82) is 0 Å². The van der Waals surface area contributed by atoms with E-state index in [0.29, 0.717) is 12.0 Å². The van der Waals surface area contributed by atoms with Gasteiger partial charge in [0.15, 0.2) is 0 Å². The number of rotatable bonds is 5. The van der Waals surface area contributed by atoms with Gasteiger partial charge in [-0.1, -0.05) is 18.9 Å². The Balaban J connectivity index is 1.93. The Kier molecular flexibility index (Phi) is 5.22. The molecular weight excluding hydrogens is 270 g/mol. The lowest BCUT2D eigenvalue weighted by molar-refractivity contribution is -0.153. The first-order valence-corrected chi connectivity index (χ1v) is 8.32. The van der Waals surface area contributed by atoms with Gasteiger partial charge in [0, 0.05) is 10.9 Å². The lowest BCUT2D eigenvalue weighted by Crippen LogP contribution is -2.35. The number of thiophene rings is 1. The topological polar surface area (TPSA) is 38.3 Å². The molecule has 2 rings (SSSR count). The van der Waals surface area contributed by atoms with Crippen LogP contribution in [0, 0.1) is 5.92 Å². The summed E-state index contributed by atoms with van der Waals surface area (Å²) in [4.78, 5) is 13.2. The highest BCUT2D eigenvalue weighted by molar-refractivity contribution is 7.10. The highest BCUT2D eigenvalue weighted by Gasteiger charge is 2.27. The maximum Gasteiger partial charge on any atom is 0.320 e. The van der Waals surface area contributed by atoms with E-state index in [1.54, 1.807) is 11.3 Å². The maximum absolute atomic E-state index is 11.9. The van der Waals surface area contributed by atoms with Gasteiger partial charge in [-0.2, -0.15) is 0 Å².